The molecule has 144 valence electrons. The van der Waals surface area contributed by atoms with Gasteiger partial charge in [-0.1, -0.05) is 12.1 Å². The zero-order valence-electron chi connectivity index (χ0n) is 15.7. The Balaban J connectivity index is 2.32. The van der Waals surface area contributed by atoms with Crippen LogP contribution in [0.4, 0.5) is 10.5 Å². The van der Waals surface area contributed by atoms with E-state index in [-0.39, 0.29) is 31.4 Å². The number of carbonyl (C=O) groups excluding carboxylic acids is 3. The molecular formula is C18H27N3O5. The number of anilines is 1. The van der Waals surface area contributed by atoms with Crippen LogP contribution >= 0.6 is 0 Å². The second kappa shape index (κ2) is 10.4. The van der Waals surface area contributed by atoms with Gasteiger partial charge in [0.25, 0.3) is 0 Å². The van der Waals surface area contributed by atoms with E-state index in [0.29, 0.717) is 12.2 Å². The first-order valence-corrected chi connectivity index (χ1v) is 8.31. The van der Waals surface area contributed by atoms with Crippen molar-refractivity contribution in [2.75, 3.05) is 25.6 Å². The third-order valence-corrected chi connectivity index (χ3v) is 3.02. The van der Waals surface area contributed by atoms with Crippen LogP contribution in [0.3, 0.4) is 0 Å². The van der Waals surface area contributed by atoms with Crippen molar-refractivity contribution >= 4 is 23.6 Å². The van der Waals surface area contributed by atoms with E-state index in [0.717, 1.165) is 5.56 Å². The number of methoxy groups -OCH3 is 1. The maximum Gasteiger partial charge on any atom is 0.407 e. The third-order valence-electron chi connectivity index (χ3n) is 3.02. The van der Waals surface area contributed by atoms with Gasteiger partial charge in [-0.25, -0.2) is 4.79 Å². The van der Waals surface area contributed by atoms with Gasteiger partial charge in [-0.2, -0.15) is 0 Å². The minimum absolute atomic E-state index is 0.0193. The van der Waals surface area contributed by atoms with Gasteiger partial charge >= 0.3 is 6.09 Å². The normalized spacial score (nSPS) is 10.8. The molecule has 1 aromatic rings. The highest BCUT2D eigenvalue weighted by Crippen LogP contribution is 2.10. The summed E-state index contributed by atoms with van der Waals surface area (Å²) in [5.74, 6) is -0.412. The van der Waals surface area contributed by atoms with Crippen LogP contribution in [0.15, 0.2) is 24.3 Å². The summed E-state index contributed by atoms with van der Waals surface area (Å²) in [4.78, 5) is 34.7. The summed E-state index contributed by atoms with van der Waals surface area (Å²) >= 11 is 0. The molecule has 0 atom stereocenters. The zero-order chi connectivity index (χ0) is 19.6. The average molecular weight is 365 g/mol. The van der Waals surface area contributed by atoms with Crippen molar-refractivity contribution in [3.8, 4) is 0 Å². The molecule has 0 bridgehead atoms. The Bertz CT molecular complexity index is 608. The molecule has 0 radical (unpaired) electrons. The quantitative estimate of drug-likeness (QED) is 0.651. The molecule has 0 aliphatic heterocycles. The molecule has 3 amide bonds. The topological polar surface area (TPSA) is 106 Å². The number of hydrogen-bond acceptors (Lipinski definition) is 5. The van der Waals surface area contributed by atoms with Crippen LogP contribution in [0.2, 0.25) is 0 Å². The number of hydrogen-bond donors (Lipinski definition) is 3. The van der Waals surface area contributed by atoms with Crippen molar-refractivity contribution in [2.24, 2.45) is 0 Å². The van der Waals surface area contributed by atoms with Crippen molar-refractivity contribution in [1.29, 1.82) is 0 Å². The standard InChI is InChI=1S/C18H27N3O5/c1-18(2,3)26-17(24)19-10-9-15(22)21-14-7-5-13(6-8-14)11-20-16(23)12-25-4/h5-8H,9-12H2,1-4H3,(H,19,24)(H,20,23)(H,21,22). The molecule has 0 fully saturated rings. The second-order valence-electron chi connectivity index (χ2n) is 6.63. The van der Waals surface area contributed by atoms with E-state index in [2.05, 4.69) is 16.0 Å². The lowest BCUT2D eigenvalue weighted by molar-refractivity contribution is -0.124. The Morgan fingerprint density at radius 3 is 2.23 bits per heavy atom. The van der Waals surface area contributed by atoms with Gasteiger partial charge in [-0.05, 0) is 38.5 Å². The summed E-state index contributed by atoms with van der Waals surface area (Å²) in [5, 5.41) is 7.98. The SMILES string of the molecule is COCC(=O)NCc1ccc(NC(=O)CCNC(=O)OC(C)(C)C)cc1. The van der Waals surface area contributed by atoms with Gasteiger partial charge < -0.3 is 25.4 Å². The lowest BCUT2D eigenvalue weighted by atomic mass is 10.2. The molecule has 0 saturated heterocycles. The van der Waals surface area contributed by atoms with Crippen molar-refractivity contribution in [3.05, 3.63) is 29.8 Å². The molecule has 1 rings (SSSR count). The predicted octanol–water partition coefficient (Wildman–Crippen LogP) is 1.80. The Morgan fingerprint density at radius 2 is 1.65 bits per heavy atom. The summed E-state index contributed by atoms with van der Waals surface area (Å²) in [7, 11) is 1.46. The smallest absolute Gasteiger partial charge is 0.407 e. The molecule has 8 heteroatoms. The Labute approximate surface area is 153 Å². The lowest BCUT2D eigenvalue weighted by Crippen LogP contribution is -2.34. The van der Waals surface area contributed by atoms with Crippen molar-refractivity contribution in [3.63, 3.8) is 0 Å². The minimum atomic E-state index is -0.572. The van der Waals surface area contributed by atoms with Crippen LogP contribution in [-0.4, -0.2) is 43.8 Å². The molecular weight excluding hydrogens is 338 g/mol. The number of amides is 3. The highest BCUT2D eigenvalue weighted by atomic mass is 16.6. The fraction of sp³-hybridized carbons (Fsp3) is 0.500. The molecule has 26 heavy (non-hydrogen) atoms. The summed E-state index contributed by atoms with van der Waals surface area (Å²) in [5.41, 5.74) is 0.968. The van der Waals surface area contributed by atoms with Gasteiger partial charge in [0.15, 0.2) is 0 Å². The van der Waals surface area contributed by atoms with E-state index in [1.54, 1.807) is 32.9 Å². The first kappa shape index (κ1) is 21.4. The van der Waals surface area contributed by atoms with Crippen LogP contribution in [-0.2, 0) is 25.6 Å². The van der Waals surface area contributed by atoms with E-state index < -0.39 is 11.7 Å². The van der Waals surface area contributed by atoms with Crippen LogP contribution in [0, 0.1) is 0 Å². The maximum atomic E-state index is 11.9. The first-order valence-electron chi connectivity index (χ1n) is 8.31. The Kier molecular flexibility index (Phi) is 8.57. The van der Waals surface area contributed by atoms with Crippen LogP contribution in [0.25, 0.3) is 0 Å². The van der Waals surface area contributed by atoms with Gasteiger partial charge in [0, 0.05) is 32.3 Å². The summed E-state index contributed by atoms with van der Waals surface area (Å²) in [6, 6.07) is 7.11. The molecule has 0 heterocycles. The fourth-order valence-corrected chi connectivity index (χ4v) is 1.90. The van der Waals surface area contributed by atoms with Gasteiger partial charge in [-0.15, -0.1) is 0 Å². The molecule has 1 aromatic carbocycles. The van der Waals surface area contributed by atoms with Gasteiger partial charge in [0.1, 0.15) is 12.2 Å². The van der Waals surface area contributed by atoms with Crippen LogP contribution in [0.5, 0.6) is 0 Å². The van der Waals surface area contributed by atoms with Gasteiger partial charge in [0.2, 0.25) is 11.8 Å². The Hall–Kier alpha value is -2.61. The molecule has 0 saturated carbocycles. The highest BCUT2D eigenvalue weighted by Gasteiger charge is 2.15. The number of nitrogens with one attached hydrogen (secondary N) is 3. The number of ether oxygens (including phenoxy) is 2. The zero-order valence-corrected chi connectivity index (χ0v) is 15.7. The minimum Gasteiger partial charge on any atom is -0.444 e. The molecule has 0 aliphatic rings. The highest BCUT2D eigenvalue weighted by molar-refractivity contribution is 5.91. The largest absolute Gasteiger partial charge is 0.444 e. The number of alkyl carbamates (subject to hydrolysis) is 1. The molecule has 0 aliphatic carbocycles. The molecule has 3 N–H and O–H groups in total. The maximum absolute atomic E-state index is 11.9. The van der Waals surface area contributed by atoms with Crippen molar-refractivity contribution in [2.45, 2.75) is 39.3 Å². The molecule has 8 nitrogen and oxygen atoms in total. The molecule has 0 aromatic heterocycles. The van der Waals surface area contributed by atoms with Crippen LogP contribution in [0.1, 0.15) is 32.8 Å². The van der Waals surface area contributed by atoms with Gasteiger partial charge in [-0.3, -0.25) is 9.59 Å². The van der Waals surface area contributed by atoms with Crippen molar-refractivity contribution in [1.82, 2.24) is 10.6 Å². The first-order chi connectivity index (χ1) is 12.2. The number of rotatable bonds is 8. The van der Waals surface area contributed by atoms with E-state index >= 15 is 0 Å². The molecule has 0 spiro atoms. The number of benzene rings is 1. The predicted molar refractivity (Wildman–Crippen MR) is 97.6 cm³/mol. The van der Waals surface area contributed by atoms with Crippen molar-refractivity contribution < 1.29 is 23.9 Å². The van der Waals surface area contributed by atoms with E-state index in [1.165, 1.54) is 7.11 Å². The van der Waals surface area contributed by atoms with E-state index in [1.807, 2.05) is 12.1 Å². The van der Waals surface area contributed by atoms with Gasteiger partial charge in [0.05, 0.1) is 0 Å². The number of carbonyl (C=O) groups is 3. The third kappa shape index (κ3) is 9.63. The summed E-state index contributed by atoms with van der Waals surface area (Å²) in [6.07, 6.45) is -0.418. The monoisotopic (exact) mass is 365 g/mol. The van der Waals surface area contributed by atoms with E-state index in [9.17, 15) is 14.4 Å². The lowest BCUT2D eigenvalue weighted by Gasteiger charge is -2.19. The summed E-state index contributed by atoms with van der Waals surface area (Å²) in [6.45, 7) is 5.90. The van der Waals surface area contributed by atoms with Crippen LogP contribution < -0.4 is 16.0 Å². The average Bonchev–Trinajstić information content (AvgIpc) is 2.53. The molecule has 0 unspecified atom stereocenters. The summed E-state index contributed by atoms with van der Waals surface area (Å²) < 4.78 is 9.82. The Morgan fingerprint density at radius 1 is 1.00 bits per heavy atom. The fourth-order valence-electron chi connectivity index (χ4n) is 1.90. The van der Waals surface area contributed by atoms with E-state index in [4.69, 9.17) is 9.47 Å². The second-order valence-corrected chi connectivity index (χ2v) is 6.63.